The van der Waals surface area contributed by atoms with Gasteiger partial charge in [-0.2, -0.15) is 0 Å². The molecule has 2 N–H and O–H groups in total. The fourth-order valence-electron chi connectivity index (χ4n) is 10.1. The predicted octanol–water partition coefficient (Wildman–Crippen LogP) is 7.50. The summed E-state index contributed by atoms with van der Waals surface area (Å²) in [6.07, 6.45) is 5.12. The van der Waals surface area contributed by atoms with Crippen molar-refractivity contribution in [1.82, 2.24) is 4.90 Å². The van der Waals surface area contributed by atoms with Gasteiger partial charge in [0.05, 0.1) is 30.5 Å². The summed E-state index contributed by atoms with van der Waals surface area (Å²) < 4.78 is 37.6. The first-order valence-electron chi connectivity index (χ1n) is 23.7. The van der Waals surface area contributed by atoms with Gasteiger partial charge in [-0.15, -0.1) is 0 Å². The molecule has 1 saturated carbocycles. The summed E-state index contributed by atoms with van der Waals surface area (Å²) in [7, 11) is 2.18. The molecule has 4 aliphatic rings. The minimum atomic E-state index is -2.52. The summed E-state index contributed by atoms with van der Waals surface area (Å²) >= 11 is 0. The average molecular weight is 906 g/mol. The minimum Gasteiger partial charge on any atom is -0.456 e. The summed E-state index contributed by atoms with van der Waals surface area (Å²) in [5.41, 5.74) is 1.49. The van der Waals surface area contributed by atoms with Gasteiger partial charge in [0.15, 0.2) is 14.1 Å². The average Bonchev–Trinajstić information content (AvgIpc) is 3.23. The number of hydrogen-bond acceptors (Lipinski definition) is 12. The van der Waals surface area contributed by atoms with Crippen LogP contribution in [0, 0.1) is 29.6 Å². The molecule has 14 heteroatoms. The highest BCUT2D eigenvalue weighted by atomic mass is 28.4. The molecule has 2 bridgehead atoms. The van der Waals surface area contributed by atoms with E-state index in [1.165, 1.54) is 4.90 Å². The summed E-state index contributed by atoms with van der Waals surface area (Å²) in [4.78, 5) is 59.5. The van der Waals surface area contributed by atoms with Gasteiger partial charge < -0.3 is 43.2 Å². The largest absolute Gasteiger partial charge is 0.456 e. The van der Waals surface area contributed by atoms with Crippen molar-refractivity contribution >= 4 is 31.8 Å². The van der Waals surface area contributed by atoms with Gasteiger partial charge in [-0.1, -0.05) is 67.5 Å². The third-order valence-corrected chi connectivity index (χ3v) is 19.6. The lowest BCUT2D eigenvalue weighted by atomic mass is 9.81. The van der Waals surface area contributed by atoms with Crippen LogP contribution in [0.15, 0.2) is 23.3 Å². The maximum atomic E-state index is 14.8. The molecule has 360 valence electrons. The third-order valence-electron chi connectivity index (χ3n) is 15.1. The SMILES string of the molecule is CC/C1=C\C(C)C[C@H](C)C[C@H](OC)[C@H]2O[C@@](O)(C(=O)C(=O)N3CCCC[C@H]3C(=O)O[C@H](C(C)=CC3CC[C@@H](O)[C@H](OC)C3)[C@@H](C)[C@@H](O[Si](C)(C)C(C)(C)C)CC1=O)[C@H](C)C[C@@H]2OC. The number of nitrogens with zero attached hydrogens (tertiary/aromatic N) is 1. The number of Topliss-reactive ketones (excluding diaryl/α,β-unsaturated/α-hetero) is 2. The Hall–Kier alpha value is -2.30. The molecule has 0 aromatic heterocycles. The molecule has 0 aromatic rings. The molecule has 0 spiro atoms. The lowest BCUT2D eigenvalue weighted by molar-refractivity contribution is -0.302. The third kappa shape index (κ3) is 12.8. The molecule has 1 amide bonds. The number of allylic oxidation sites excluding steroid dienone is 3. The quantitative estimate of drug-likeness (QED) is 0.107. The number of carbonyl (C=O) groups is 4. The molecule has 3 heterocycles. The molecule has 2 unspecified atom stereocenters. The number of amides is 1. The minimum absolute atomic E-state index is 0.0151. The van der Waals surface area contributed by atoms with E-state index in [0.29, 0.717) is 44.9 Å². The van der Waals surface area contributed by atoms with E-state index in [1.54, 1.807) is 28.3 Å². The zero-order chi connectivity index (χ0) is 47.2. The second kappa shape index (κ2) is 22.5. The van der Waals surface area contributed by atoms with Crippen molar-refractivity contribution in [1.29, 1.82) is 0 Å². The number of ketones is 2. The predicted molar refractivity (Wildman–Crippen MR) is 244 cm³/mol. The van der Waals surface area contributed by atoms with Crippen LogP contribution < -0.4 is 0 Å². The van der Waals surface area contributed by atoms with E-state index in [2.05, 4.69) is 59.9 Å². The Kier molecular flexibility index (Phi) is 19.0. The van der Waals surface area contributed by atoms with Crippen LogP contribution in [0.25, 0.3) is 0 Å². The van der Waals surface area contributed by atoms with Crippen LogP contribution in [0.3, 0.4) is 0 Å². The Morgan fingerprint density at radius 3 is 2.14 bits per heavy atom. The molecule has 63 heavy (non-hydrogen) atoms. The fraction of sp³-hybridized carbons (Fsp3) is 0.837. The molecular formula is C49H83NO12Si. The van der Waals surface area contributed by atoms with Crippen LogP contribution in [-0.2, 0) is 47.3 Å². The van der Waals surface area contributed by atoms with E-state index in [4.69, 9.17) is 28.1 Å². The van der Waals surface area contributed by atoms with Gasteiger partial charge in [0.25, 0.3) is 11.7 Å². The Morgan fingerprint density at radius 2 is 1.54 bits per heavy atom. The molecule has 3 fully saturated rings. The number of rotatable bonds is 8. The van der Waals surface area contributed by atoms with E-state index in [9.17, 15) is 29.4 Å². The van der Waals surface area contributed by atoms with Crippen molar-refractivity contribution in [3.05, 3.63) is 23.3 Å². The second-order valence-electron chi connectivity index (χ2n) is 21.0. The monoisotopic (exact) mass is 906 g/mol. The van der Waals surface area contributed by atoms with Crippen LogP contribution in [0.2, 0.25) is 18.1 Å². The van der Waals surface area contributed by atoms with Crippen molar-refractivity contribution in [2.24, 2.45) is 29.6 Å². The smallest absolute Gasteiger partial charge is 0.329 e. The molecule has 0 aromatic carbocycles. The van der Waals surface area contributed by atoms with Gasteiger partial charge in [0, 0.05) is 46.1 Å². The van der Waals surface area contributed by atoms with Crippen molar-refractivity contribution in [2.75, 3.05) is 27.9 Å². The zero-order valence-corrected chi connectivity index (χ0v) is 42.1. The van der Waals surface area contributed by atoms with Crippen molar-refractivity contribution in [3.63, 3.8) is 0 Å². The Labute approximate surface area is 379 Å². The van der Waals surface area contributed by atoms with E-state index >= 15 is 0 Å². The number of cyclic esters (lactones) is 1. The van der Waals surface area contributed by atoms with Crippen LogP contribution >= 0.6 is 0 Å². The van der Waals surface area contributed by atoms with E-state index in [0.717, 1.165) is 17.6 Å². The number of fused-ring (bicyclic) bond motifs is 3. The molecule has 13 nitrogen and oxygen atoms in total. The van der Waals surface area contributed by atoms with Crippen molar-refractivity contribution in [3.8, 4) is 0 Å². The molecule has 2 saturated heterocycles. The van der Waals surface area contributed by atoms with Gasteiger partial charge in [0.1, 0.15) is 18.2 Å². The van der Waals surface area contributed by atoms with Gasteiger partial charge in [-0.25, -0.2) is 4.79 Å². The van der Waals surface area contributed by atoms with Gasteiger partial charge in [-0.3, -0.25) is 14.4 Å². The number of carbonyl (C=O) groups excluding carboxylic acids is 4. The highest BCUT2D eigenvalue weighted by Crippen LogP contribution is 2.42. The fourth-order valence-corrected chi connectivity index (χ4v) is 11.5. The topological polar surface area (TPSA) is 167 Å². The molecule has 3 aliphatic heterocycles. The first-order chi connectivity index (χ1) is 29.4. The number of esters is 1. The number of aliphatic hydroxyl groups excluding tert-OH is 1. The van der Waals surface area contributed by atoms with Gasteiger partial charge >= 0.3 is 5.97 Å². The zero-order valence-electron chi connectivity index (χ0n) is 41.1. The first kappa shape index (κ1) is 53.3. The van der Waals surface area contributed by atoms with Crippen molar-refractivity contribution < 1.29 is 57.5 Å². The Balaban J connectivity index is 1.88. The summed E-state index contributed by atoms with van der Waals surface area (Å²) in [5, 5.41) is 22.6. The summed E-state index contributed by atoms with van der Waals surface area (Å²) in [6.45, 7) is 22.6. The van der Waals surface area contributed by atoms with E-state index in [1.807, 2.05) is 20.8 Å². The van der Waals surface area contributed by atoms with Crippen LogP contribution in [0.5, 0.6) is 0 Å². The Bertz CT molecular complexity index is 1640. The second-order valence-corrected chi connectivity index (χ2v) is 25.7. The molecule has 4 rings (SSSR count). The lowest BCUT2D eigenvalue weighted by Crippen LogP contribution is -2.64. The summed E-state index contributed by atoms with van der Waals surface area (Å²) in [5.74, 6) is -6.53. The number of hydrogen-bond donors (Lipinski definition) is 2. The summed E-state index contributed by atoms with van der Waals surface area (Å²) in [6, 6.07) is -1.11. The van der Waals surface area contributed by atoms with Crippen LogP contribution in [-0.4, -0.2) is 129 Å². The Morgan fingerprint density at radius 1 is 0.905 bits per heavy atom. The maximum Gasteiger partial charge on any atom is 0.329 e. The lowest BCUT2D eigenvalue weighted by Gasteiger charge is -2.47. The molecule has 1 aliphatic carbocycles. The molecular weight excluding hydrogens is 823 g/mol. The van der Waals surface area contributed by atoms with E-state index < -0.39 is 86.3 Å². The van der Waals surface area contributed by atoms with Crippen molar-refractivity contribution in [2.45, 2.75) is 206 Å². The highest BCUT2D eigenvalue weighted by molar-refractivity contribution is 6.74. The first-order valence-corrected chi connectivity index (χ1v) is 26.7. The van der Waals surface area contributed by atoms with E-state index in [-0.39, 0.29) is 60.5 Å². The molecule has 0 radical (unpaired) electrons. The van der Waals surface area contributed by atoms with Crippen LogP contribution in [0.4, 0.5) is 0 Å². The highest BCUT2D eigenvalue weighted by Gasteiger charge is 2.57. The number of methoxy groups -OCH3 is 3. The van der Waals surface area contributed by atoms with Crippen LogP contribution in [0.1, 0.15) is 133 Å². The molecule has 14 atom stereocenters. The number of ether oxygens (including phenoxy) is 5. The normalized spacial score (nSPS) is 38.9. The van der Waals surface area contributed by atoms with Gasteiger partial charge in [-0.05, 0) is 118 Å². The number of piperidine rings is 1. The number of aliphatic hydroxyl groups is 2. The standard InChI is InChI=1S/C49H83NO12Si/c1-15-35-23-29(2)22-30(3)24-41(58-11)44-42(59-12)26-32(5)49(56,61-44)45(53)46(54)50-21-17-16-18-36(50)47(55)60-43(31(4)25-34-19-20-37(51)40(27-34)57-10)33(6)39(28-38(35)52)62-63(13,14)48(7,8)9/h23,25,29-30,32-34,36-37,39-44,51,56H,15-22,24,26-28H2,1-14H3/b31-25?,35-23+/t29?,30-,32+,33-,34?,36-,37+,39-,40+,41-,42-,43+,44+,49+/m0/s1. The van der Waals surface area contributed by atoms with Gasteiger partial charge in [0.2, 0.25) is 5.79 Å². The maximum absolute atomic E-state index is 14.8.